The molecule has 4 nitrogen and oxygen atoms in total. The van der Waals surface area contributed by atoms with Crippen LogP contribution in [0.15, 0.2) is 73.2 Å². The summed E-state index contributed by atoms with van der Waals surface area (Å²) in [4.78, 5) is 19.4. The monoisotopic (exact) mass is 551 g/mol. The van der Waals surface area contributed by atoms with E-state index in [1.54, 1.807) is 36.4 Å². The Morgan fingerprint density at radius 1 is 0.850 bits per heavy atom. The van der Waals surface area contributed by atoms with Crippen LogP contribution in [0.25, 0.3) is 23.3 Å². The quantitative estimate of drug-likeness (QED) is 0.174. The number of carbonyl (C=O) groups is 1. The molecule has 0 aliphatic heterocycles. The van der Waals surface area contributed by atoms with E-state index in [2.05, 4.69) is 16.0 Å². The summed E-state index contributed by atoms with van der Waals surface area (Å²) in [5, 5.41) is 9.78. The van der Waals surface area contributed by atoms with Gasteiger partial charge in [0, 0.05) is 29.7 Å². The zero-order valence-electron chi connectivity index (χ0n) is 20.6. The zero-order valence-corrected chi connectivity index (χ0v) is 20.6. The molecule has 0 fully saturated rings. The van der Waals surface area contributed by atoms with Crippen molar-refractivity contribution in [1.29, 1.82) is 5.26 Å². The van der Waals surface area contributed by atoms with Crippen LogP contribution in [0.3, 0.4) is 0 Å². The molecule has 0 saturated carbocycles. The first kappa shape index (κ1) is 28.2. The Balaban J connectivity index is 1.73. The first-order chi connectivity index (χ1) is 19.0. The van der Waals surface area contributed by atoms with Crippen LogP contribution in [0.1, 0.15) is 49.4 Å². The minimum absolute atomic E-state index is 0.00549. The van der Waals surface area contributed by atoms with E-state index in [1.807, 2.05) is 0 Å². The Kier molecular flexibility index (Phi) is 8.14. The van der Waals surface area contributed by atoms with Crippen molar-refractivity contribution in [3.63, 3.8) is 0 Å². The van der Waals surface area contributed by atoms with Gasteiger partial charge in [-0.25, -0.2) is 0 Å². The van der Waals surface area contributed by atoms with Crippen molar-refractivity contribution in [3.05, 3.63) is 118 Å². The number of benzene rings is 2. The van der Waals surface area contributed by atoms with E-state index in [9.17, 15) is 36.4 Å². The molecule has 0 amide bonds. The van der Waals surface area contributed by atoms with Gasteiger partial charge in [0.15, 0.2) is 0 Å². The Bertz CT molecular complexity index is 1600. The highest BCUT2D eigenvalue weighted by Crippen LogP contribution is 2.35. The van der Waals surface area contributed by atoms with Gasteiger partial charge in [-0.1, -0.05) is 42.5 Å². The molecule has 0 atom stereocenters. The van der Waals surface area contributed by atoms with E-state index >= 15 is 0 Å². The van der Waals surface area contributed by atoms with Gasteiger partial charge in [0.2, 0.25) is 0 Å². The van der Waals surface area contributed by atoms with Crippen LogP contribution in [-0.4, -0.2) is 16.3 Å². The van der Waals surface area contributed by atoms with E-state index in [1.165, 1.54) is 24.5 Å². The Morgan fingerprint density at radius 3 is 2.25 bits per heavy atom. The number of pyridine rings is 2. The van der Waals surface area contributed by atoms with Crippen molar-refractivity contribution in [2.24, 2.45) is 0 Å². The van der Waals surface area contributed by atoms with Crippen LogP contribution >= 0.6 is 0 Å². The van der Waals surface area contributed by atoms with Gasteiger partial charge >= 0.3 is 12.4 Å². The number of rotatable bonds is 7. The fourth-order valence-corrected chi connectivity index (χ4v) is 4.20. The number of nitrogens with zero attached hydrogens (tertiary/aromatic N) is 3. The molecule has 0 unspecified atom stereocenters. The predicted molar refractivity (Wildman–Crippen MR) is 137 cm³/mol. The van der Waals surface area contributed by atoms with Crippen LogP contribution in [0.2, 0.25) is 0 Å². The van der Waals surface area contributed by atoms with Crippen molar-refractivity contribution in [2.75, 3.05) is 0 Å². The van der Waals surface area contributed by atoms with Gasteiger partial charge in [0.1, 0.15) is 12.4 Å². The topological polar surface area (TPSA) is 66.6 Å². The second kappa shape index (κ2) is 11.5. The molecule has 2 aromatic heterocycles. The zero-order chi connectivity index (χ0) is 28.9. The normalized spacial score (nSPS) is 11.9. The van der Waals surface area contributed by atoms with E-state index in [4.69, 9.17) is 0 Å². The van der Waals surface area contributed by atoms with Crippen molar-refractivity contribution in [3.8, 4) is 17.2 Å². The maximum Gasteiger partial charge on any atom is 0.417 e. The number of carbonyl (C=O) groups excluding carboxylic acids is 1. The smallest absolute Gasteiger partial charge is 0.298 e. The summed E-state index contributed by atoms with van der Waals surface area (Å²) < 4.78 is 80.9. The first-order valence-corrected chi connectivity index (χ1v) is 11.8. The van der Waals surface area contributed by atoms with Gasteiger partial charge in [-0.15, -0.1) is 0 Å². The minimum atomic E-state index is -4.81. The maximum absolute atomic E-state index is 13.9. The van der Waals surface area contributed by atoms with Crippen LogP contribution in [0.5, 0.6) is 0 Å². The molecule has 0 saturated heterocycles. The number of halogens is 6. The van der Waals surface area contributed by atoms with Crippen molar-refractivity contribution in [2.45, 2.75) is 25.2 Å². The highest BCUT2D eigenvalue weighted by Gasteiger charge is 2.34. The minimum Gasteiger partial charge on any atom is -0.298 e. The third kappa shape index (κ3) is 6.43. The fraction of sp³-hybridized carbons (Fsp3) is 0.133. The molecule has 0 radical (unpaired) electrons. The predicted octanol–water partition coefficient (Wildman–Crippen LogP) is 7.82. The highest BCUT2D eigenvalue weighted by atomic mass is 19.4. The lowest BCUT2D eigenvalue weighted by molar-refractivity contribution is -0.138. The molecule has 2 heterocycles. The second-order valence-electron chi connectivity index (χ2n) is 8.76. The van der Waals surface area contributed by atoms with Crippen LogP contribution in [0.4, 0.5) is 26.3 Å². The second-order valence-corrected chi connectivity index (χ2v) is 8.76. The van der Waals surface area contributed by atoms with Gasteiger partial charge in [0.05, 0.1) is 22.4 Å². The van der Waals surface area contributed by atoms with E-state index in [0.29, 0.717) is 17.8 Å². The van der Waals surface area contributed by atoms with Crippen LogP contribution in [0, 0.1) is 11.3 Å². The van der Waals surface area contributed by atoms with Crippen molar-refractivity contribution >= 4 is 18.4 Å². The molecule has 0 spiro atoms. The molecular weight excluding hydrogens is 532 g/mol. The SMILES string of the molecule is N#Cc1c(-c2ccccc2)ccnc1C=Cc1cc(CCc2cncc(C(F)(F)F)c2)c(C=O)cc1C(F)(F)F. The largest absolute Gasteiger partial charge is 0.417 e. The molecule has 10 heteroatoms. The van der Waals surface area contributed by atoms with Gasteiger partial charge in [-0.2, -0.15) is 31.6 Å². The number of hydrogen-bond donors (Lipinski definition) is 0. The Morgan fingerprint density at radius 2 is 1.60 bits per heavy atom. The van der Waals surface area contributed by atoms with E-state index < -0.39 is 23.5 Å². The molecule has 40 heavy (non-hydrogen) atoms. The van der Waals surface area contributed by atoms with Gasteiger partial charge in [0.25, 0.3) is 0 Å². The summed E-state index contributed by atoms with van der Waals surface area (Å²) in [6.07, 6.45) is -3.34. The first-order valence-electron chi connectivity index (χ1n) is 11.8. The molecule has 0 aliphatic rings. The van der Waals surface area contributed by atoms with Crippen LogP contribution in [-0.2, 0) is 25.2 Å². The Labute approximate surface area is 225 Å². The third-order valence-electron chi connectivity index (χ3n) is 6.15. The summed E-state index contributed by atoms with van der Waals surface area (Å²) in [6, 6.07) is 15.4. The maximum atomic E-state index is 13.9. The van der Waals surface area contributed by atoms with Crippen LogP contribution < -0.4 is 0 Å². The molecular formula is C30H19F6N3O. The summed E-state index contributed by atoms with van der Waals surface area (Å²) in [6.45, 7) is 0. The number of hydrogen-bond acceptors (Lipinski definition) is 4. The molecule has 4 aromatic rings. The average Bonchev–Trinajstić information content (AvgIpc) is 2.94. The van der Waals surface area contributed by atoms with E-state index in [-0.39, 0.29) is 52.6 Å². The summed E-state index contributed by atoms with van der Waals surface area (Å²) >= 11 is 0. The molecule has 2 aromatic carbocycles. The van der Waals surface area contributed by atoms with Gasteiger partial charge in [-0.05, 0) is 59.4 Å². The van der Waals surface area contributed by atoms with Crippen molar-refractivity contribution < 1.29 is 31.1 Å². The number of nitriles is 1. The molecule has 0 bridgehead atoms. The van der Waals surface area contributed by atoms with Crippen molar-refractivity contribution in [1.82, 2.24) is 9.97 Å². The lowest BCUT2D eigenvalue weighted by Gasteiger charge is -2.15. The fourth-order valence-electron chi connectivity index (χ4n) is 4.20. The average molecular weight is 551 g/mol. The number of aromatic nitrogens is 2. The third-order valence-corrected chi connectivity index (χ3v) is 6.15. The molecule has 4 rings (SSSR count). The van der Waals surface area contributed by atoms with Gasteiger partial charge in [-0.3, -0.25) is 14.8 Å². The number of aldehydes is 1. The standard InChI is InChI=1S/C30H19F6N3O/c31-29(32,33)24-12-19(16-38-17-24)6-7-21-13-22(27(30(34,35)36)14-23(21)18-40)8-9-28-26(15-37)25(10-11-39-28)20-4-2-1-3-5-20/h1-5,8-14,16-18H,6-7H2. The summed E-state index contributed by atoms with van der Waals surface area (Å²) in [7, 11) is 0. The lowest BCUT2D eigenvalue weighted by Crippen LogP contribution is -2.10. The Hall–Kier alpha value is -4.78. The lowest BCUT2D eigenvalue weighted by atomic mass is 9.93. The number of alkyl halides is 6. The van der Waals surface area contributed by atoms with E-state index in [0.717, 1.165) is 17.7 Å². The molecule has 0 N–H and O–H groups in total. The molecule has 202 valence electrons. The summed E-state index contributed by atoms with van der Waals surface area (Å²) in [5.41, 5.74) is -0.515. The molecule has 0 aliphatic carbocycles. The number of aryl methyl sites for hydroxylation is 2. The summed E-state index contributed by atoms with van der Waals surface area (Å²) in [5.74, 6) is 0. The highest BCUT2D eigenvalue weighted by molar-refractivity contribution is 5.82. The van der Waals surface area contributed by atoms with Gasteiger partial charge < -0.3 is 0 Å².